The smallest absolute Gasteiger partial charge is 0.245 e. The Labute approximate surface area is 99.4 Å². The van der Waals surface area contributed by atoms with Crippen LogP contribution in [0.4, 0.5) is 5.82 Å². The maximum atomic E-state index is 12.0. The normalized spacial score (nSPS) is 24.4. The number of amides is 1. The van der Waals surface area contributed by atoms with Gasteiger partial charge in [-0.3, -0.25) is 4.79 Å². The molecule has 1 fully saturated rings. The number of aromatic nitrogens is 1. The van der Waals surface area contributed by atoms with E-state index < -0.39 is 5.54 Å². The molecule has 1 amide bonds. The Morgan fingerprint density at radius 3 is 3.12 bits per heavy atom. The minimum Gasteiger partial charge on any atom is -0.308 e. The first-order valence-corrected chi connectivity index (χ1v) is 5.67. The van der Waals surface area contributed by atoms with E-state index in [1.165, 1.54) is 0 Å². The molecule has 1 aliphatic rings. The molecule has 0 bridgehead atoms. The lowest BCUT2D eigenvalue weighted by Gasteiger charge is -2.22. The lowest BCUT2D eigenvalue weighted by molar-refractivity contribution is -0.121. The van der Waals surface area contributed by atoms with Gasteiger partial charge in [0.25, 0.3) is 0 Å². The Kier molecular flexibility index (Phi) is 3.12. The van der Waals surface area contributed by atoms with Gasteiger partial charge in [-0.25, -0.2) is 4.98 Å². The minimum absolute atomic E-state index is 0.0781. The first-order valence-electron chi connectivity index (χ1n) is 5.29. The van der Waals surface area contributed by atoms with Gasteiger partial charge in [0, 0.05) is 6.20 Å². The third kappa shape index (κ3) is 2.18. The predicted octanol–water partition coefficient (Wildman–Crippen LogP) is 1.82. The van der Waals surface area contributed by atoms with Crippen molar-refractivity contribution in [3.8, 4) is 0 Å². The average Bonchev–Trinajstić information content (AvgIpc) is 2.70. The molecule has 0 spiro atoms. The van der Waals surface area contributed by atoms with Crippen LogP contribution in [0.15, 0.2) is 18.3 Å². The Hall–Kier alpha value is -1.13. The van der Waals surface area contributed by atoms with Gasteiger partial charge >= 0.3 is 0 Å². The molecule has 86 valence electrons. The molecule has 2 rings (SSSR count). The molecule has 1 aromatic heterocycles. The van der Waals surface area contributed by atoms with Crippen molar-refractivity contribution in [3.63, 3.8) is 0 Å². The average molecular weight is 240 g/mol. The van der Waals surface area contributed by atoms with Gasteiger partial charge in [-0.15, -0.1) is 0 Å². The molecule has 1 atom stereocenters. The zero-order chi connectivity index (χ0) is 11.6. The molecule has 2 heterocycles. The van der Waals surface area contributed by atoms with Crippen LogP contribution in [-0.2, 0) is 4.79 Å². The molecule has 0 radical (unpaired) electrons. The fraction of sp³-hybridized carbons (Fsp3) is 0.455. The number of hydrogen-bond donors (Lipinski definition) is 2. The van der Waals surface area contributed by atoms with E-state index in [1.54, 1.807) is 18.3 Å². The quantitative estimate of drug-likeness (QED) is 0.828. The highest BCUT2D eigenvalue weighted by Crippen LogP contribution is 2.23. The van der Waals surface area contributed by atoms with Crippen LogP contribution >= 0.6 is 11.6 Å². The minimum atomic E-state index is -0.499. The van der Waals surface area contributed by atoms with Crippen molar-refractivity contribution in [2.45, 2.75) is 25.3 Å². The summed E-state index contributed by atoms with van der Waals surface area (Å²) in [4.78, 5) is 16.0. The maximum Gasteiger partial charge on any atom is 0.245 e. The van der Waals surface area contributed by atoms with Gasteiger partial charge in [0.15, 0.2) is 5.82 Å². The van der Waals surface area contributed by atoms with Gasteiger partial charge in [0.05, 0.1) is 10.6 Å². The molecule has 0 saturated carbocycles. The molecule has 2 N–H and O–H groups in total. The number of carbonyl (C=O) groups excluding carboxylic acids is 1. The standard InChI is InChI=1S/C11H14ClN3O/c1-11(5-3-7-14-11)10(16)15-9-8(12)4-2-6-13-9/h2,4,6,14H,3,5,7H2,1H3,(H,13,15,16). The number of hydrogen-bond acceptors (Lipinski definition) is 3. The van der Waals surface area contributed by atoms with Crippen LogP contribution in [0.5, 0.6) is 0 Å². The summed E-state index contributed by atoms with van der Waals surface area (Å²) in [5.74, 6) is 0.342. The van der Waals surface area contributed by atoms with Gasteiger partial charge in [-0.1, -0.05) is 11.6 Å². The summed E-state index contributed by atoms with van der Waals surface area (Å²) in [6.07, 6.45) is 3.45. The lowest BCUT2D eigenvalue weighted by atomic mass is 9.99. The summed E-state index contributed by atoms with van der Waals surface area (Å²) >= 11 is 5.92. The van der Waals surface area contributed by atoms with Gasteiger partial charge in [-0.05, 0) is 38.4 Å². The third-order valence-electron chi connectivity index (χ3n) is 2.86. The maximum absolute atomic E-state index is 12.0. The van der Waals surface area contributed by atoms with Crippen LogP contribution in [0.3, 0.4) is 0 Å². The number of halogens is 1. The highest BCUT2D eigenvalue weighted by atomic mass is 35.5. The van der Waals surface area contributed by atoms with Crippen molar-refractivity contribution in [2.24, 2.45) is 0 Å². The van der Waals surface area contributed by atoms with Crippen LogP contribution < -0.4 is 10.6 Å². The fourth-order valence-electron chi connectivity index (χ4n) is 1.81. The molecule has 5 heteroatoms. The number of rotatable bonds is 2. The summed E-state index contributed by atoms with van der Waals surface area (Å²) in [5, 5.41) is 6.39. The monoisotopic (exact) mass is 239 g/mol. The van der Waals surface area contributed by atoms with E-state index in [1.807, 2.05) is 6.92 Å². The van der Waals surface area contributed by atoms with Crippen molar-refractivity contribution in [1.82, 2.24) is 10.3 Å². The van der Waals surface area contributed by atoms with E-state index in [0.29, 0.717) is 10.8 Å². The third-order valence-corrected chi connectivity index (χ3v) is 3.17. The largest absolute Gasteiger partial charge is 0.308 e. The Bertz CT molecular complexity index is 402. The van der Waals surface area contributed by atoms with Gasteiger partial charge in [0.2, 0.25) is 5.91 Å². The Morgan fingerprint density at radius 1 is 1.69 bits per heavy atom. The molecule has 4 nitrogen and oxygen atoms in total. The number of nitrogens with one attached hydrogen (secondary N) is 2. The SMILES string of the molecule is CC1(C(=O)Nc2ncccc2Cl)CCCN1. The Morgan fingerprint density at radius 2 is 2.50 bits per heavy atom. The van der Waals surface area contributed by atoms with E-state index in [-0.39, 0.29) is 5.91 Å². The van der Waals surface area contributed by atoms with E-state index in [9.17, 15) is 4.79 Å². The molecular weight excluding hydrogens is 226 g/mol. The van der Waals surface area contributed by atoms with Crippen LogP contribution in [0.25, 0.3) is 0 Å². The van der Waals surface area contributed by atoms with Crippen LogP contribution in [0, 0.1) is 0 Å². The molecule has 0 aliphatic carbocycles. The summed E-state index contributed by atoms with van der Waals surface area (Å²) in [6, 6.07) is 3.43. The summed E-state index contributed by atoms with van der Waals surface area (Å²) in [6.45, 7) is 2.77. The number of pyridine rings is 1. The second-order valence-electron chi connectivity index (χ2n) is 4.15. The molecule has 0 aromatic carbocycles. The first-order chi connectivity index (χ1) is 7.62. The first kappa shape index (κ1) is 11.4. The number of nitrogens with zero attached hydrogens (tertiary/aromatic N) is 1. The molecule has 16 heavy (non-hydrogen) atoms. The summed E-state index contributed by atoms with van der Waals surface area (Å²) in [7, 11) is 0. The van der Waals surface area contributed by atoms with E-state index >= 15 is 0 Å². The molecular formula is C11H14ClN3O. The number of anilines is 1. The van der Waals surface area contributed by atoms with Crippen LogP contribution in [-0.4, -0.2) is 23.0 Å². The second kappa shape index (κ2) is 4.39. The predicted molar refractivity (Wildman–Crippen MR) is 63.5 cm³/mol. The van der Waals surface area contributed by atoms with Crippen molar-refractivity contribution >= 4 is 23.3 Å². The van der Waals surface area contributed by atoms with Crippen molar-refractivity contribution in [1.29, 1.82) is 0 Å². The van der Waals surface area contributed by atoms with Crippen molar-refractivity contribution in [2.75, 3.05) is 11.9 Å². The molecule has 1 aliphatic heterocycles. The summed E-state index contributed by atoms with van der Waals surface area (Å²) in [5.41, 5.74) is -0.499. The van der Waals surface area contributed by atoms with Crippen molar-refractivity contribution < 1.29 is 4.79 Å². The van der Waals surface area contributed by atoms with Crippen molar-refractivity contribution in [3.05, 3.63) is 23.4 Å². The van der Waals surface area contributed by atoms with Crippen LogP contribution in [0.1, 0.15) is 19.8 Å². The summed E-state index contributed by atoms with van der Waals surface area (Å²) < 4.78 is 0. The highest BCUT2D eigenvalue weighted by Gasteiger charge is 2.36. The molecule has 1 aromatic rings. The second-order valence-corrected chi connectivity index (χ2v) is 4.56. The van der Waals surface area contributed by atoms with Gasteiger partial charge < -0.3 is 10.6 Å². The fourth-order valence-corrected chi connectivity index (χ4v) is 1.98. The zero-order valence-electron chi connectivity index (χ0n) is 9.09. The zero-order valence-corrected chi connectivity index (χ0v) is 9.84. The van der Waals surface area contributed by atoms with E-state index in [0.717, 1.165) is 19.4 Å². The lowest BCUT2D eigenvalue weighted by Crippen LogP contribution is -2.48. The van der Waals surface area contributed by atoms with Crippen LogP contribution in [0.2, 0.25) is 5.02 Å². The molecule has 1 saturated heterocycles. The van der Waals surface area contributed by atoms with Gasteiger partial charge in [0.1, 0.15) is 0 Å². The van der Waals surface area contributed by atoms with Gasteiger partial charge in [-0.2, -0.15) is 0 Å². The molecule has 1 unspecified atom stereocenters. The number of carbonyl (C=O) groups is 1. The highest BCUT2D eigenvalue weighted by molar-refractivity contribution is 6.33. The topological polar surface area (TPSA) is 54.0 Å². The van der Waals surface area contributed by atoms with E-state index in [2.05, 4.69) is 15.6 Å². The van der Waals surface area contributed by atoms with E-state index in [4.69, 9.17) is 11.6 Å². The Balaban J connectivity index is 2.10.